The Kier molecular flexibility index (Phi) is 3.48. The molecular formula is C14H9ClN4O3. The van der Waals surface area contributed by atoms with Crippen molar-refractivity contribution in [2.75, 3.05) is 0 Å². The number of aromatic nitrogens is 2. The molecule has 0 atom stereocenters. The molecule has 0 saturated heterocycles. The van der Waals surface area contributed by atoms with Crippen molar-refractivity contribution in [3.8, 4) is 5.75 Å². The molecule has 110 valence electrons. The number of carbonyl (C=O) groups is 1. The third kappa shape index (κ3) is 2.49. The summed E-state index contributed by atoms with van der Waals surface area (Å²) < 4.78 is 1.35. The maximum Gasteiger partial charge on any atom is 0.358 e. The van der Waals surface area contributed by atoms with E-state index >= 15 is 0 Å². The van der Waals surface area contributed by atoms with E-state index in [0.29, 0.717) is 10.7 Å². The van der Waals surface area contributed by atoms with Crippen molar-refractivity contribution in [1.29, 1.82) is 0 Å². The van der Waals surface area contributed by atoms with E-state index in [4.69, 9.17) is 11.6 Å². The van der Waals surface area contributed by atoms with Gasteiger partial charge >= 0.3 is 5.97 Å². The Morgan fingerprint density at radius 2 is 2.05 bits per heavy atom. The lowest BCUT2D eigenvalue weighted by atomic mass is 10.3. The van der Waals surface area contributed by atoms with Gasteiger partial charge < -0.3 is 10.2 Å². The van der Waals surface area contributed by atoms with Gasteiger partial charge in [-0.05, 0) is 30.3 Å². The number of fused-ring (bicyclic) bond motifs is 1. The summed E-state index contributed by atoms with van der Waals surface area (Å²) in [6.07, 6.45) is 1.54. The number of hydrogen-bond donors (Lipinski definition) is 2. The fourth-order valence-corrected chi connectivity index (χ4v) is 2.11. The van der Waals surface area contributed by atoms with Crippen LogP contribution in [0.15, 0.2) is 52.8 Å². The number of carboxylic acids is 1. The first-order valence-electron chi connectivity index (χ1n) is 6.17. The maximum absolute atomic E-state index is 11.3. The van der Waals surface area contributed by atoms with Crippen LogP contribution in [0.3, 0.4) is 0 Å². The van der Waals surface area contributed by atoms with Crippen LogP contribution in [0.2, 0.25) is 5.02 Å². The van der Waals surface area contributed by atoms with Crippen LogP contribution < -0.4 is 0 Å². The van der Waals surface area contributed by atoms with Crippen molar-refractivity contribution in [3.63, 3.8) is 0 Å². The minimum Gasteiger partial charge on any atom is -0.504 e. The first-order chi connectivity index (χ1) is 10.6. The molecule has 3 aromatic rings. The zero-order valence-electron chi connectivity index (χ0n) is 11.0. The van der Waals surface area contributed by atoms with Gasteiger partial charge in [0.15, 0.2) is 22.9 Å². The third-order valence-electron chi connectivity index (χ3n) is 2.88. The number of halogens is 1. The molecule has 2 N–H and O–H groups in total. The van der Waals surface area contributed by atoms with Crippen molar-refractivity contribution in [3.05, 3.63) is 53.3 Å². The third-order valence-corrected chi connectivity index (χ3v) is 3.11. The predicted octanol–water partition coefficient (Wildman–Crippen LogP) is 3.81. The predicted molar refractivity (Wildman–Crippen MR) is 79.4 cm³/mol. The molecule has 22 heavy (non-hydrogen) atoms. The lowest BCUT2D eigenvalue weighted by Crippen LogP contribution is -1.96. The fraction of sp³-hybridized carbons (Fsp3) is 0. The van der Waals surface area contributed by atoms with Crippen LogP contribution in [0, 0.1) is 0 Å². The number of hydrogen-bond acceptors (Lipinski definition) is 5. The zero-order chi connectivity index (χ0) is 15.7. The monoisotopic (exact) mass is 316 g/mol. The second-order valence-electron chi connectivity index (χ2n) is 4.36. The highest BCUT2D eigenvalue weighted by Gasteiger charge is 2.19. The van der Waals surface area contributed by atoms with Gasteiger partial charge in [0.1, 0.15) is 0 Å². The minimum atomic E-state index is -1.26. The Morgan fingerprint density at radius 1 is 1.23 bits per heavy atom. The van der Waals surface area contributed by atoms with Crippen molar-refractivity contribution >= 4 is 34.7 Å². The van der Waals surface area contributed by atoms with Crippen LogP contribution in [-0.2, 0) is 0 Å². The molecule has 0 radical (unpaired) electrons. The van der Waals surface area contributed by atoms with Crippen molar-refractivity contribution < 1.29 is 15.0 Å². The van der Waals surface area contributed by atoms with E-state index in [1.54, 1.807) is 36.5 Å². The summed E-state index contributed by atoms with van der Waals surface area (Å²) >= 11 is 5.86. The van der Waals surface area contributed by atoms with Crippen LogP contribution >= 0.6 is 11.6 Å². The summed E-state index contributed by atoms with van der Waals surface area (Å²) in [6.45, 7) is 0. The van der Waals surface area contributed by atoms with Gasteiger partial charge in [0.05, 0.1) is 5.69 Å². The number of azo groups is 1. The van der Waals surface area contributed by atoms with Gasteiger partial charge in [0, 0.05) is 11.2 Å². The molecule has 3 rings (SSSR count). The highest BCUT2D eigenvalue weighted by Crippen LogP contribution is 2.28. The zero-order valence-corrected chi connectivity index (χ0v) is 11.8. The van der Waals surface area contributed by atoms with Crippen LogP contribution in [0.25, 0.3) is 5.65 Å². The maximum atomic E-state index is 11.3. The van der Waals surface area contributed by atoms with Crippen molar-refractivity contribution in [2.45, 2.75) is 0 Å². The molecular weight excluding hydrogens is 308 g/mol. The number of imidazole rings is 1. The summed E-state index contributed by atoms with van der Waals surface area (Å²) in [6, 6.07) is 9.62. The molecule has 2 heterocycles. The second-order valence-corrected chi connectivity index (χ2v) is 4.79. The molecule has 0 aliphatic rings. The number of nitrogens with zero attached hydrogens (tertiary/aromatic N) is 4. The fourth-order valence-electron chi connectivity index (χ4n) is 1.92. The lowest BCUT2D eigenvalue weighted by Gasteiger charge is -1.97. The Bertz CT molecular complexity index is 904. The molecule has 7 nitrogen and oxygen atoms in total. The van der Waals surface area contributed by atoms with Crippen LogP contribution in [-0.4, -0.2) is 25.6 Å². The average molecular weight is 317 g/mol. The molecule has 1 aromatic carbocycles. The summed E-state index contributed by atoms with van der Waals surface area (Å²) in [4.78, 5) is 15.2. The van der Waals surface area contributed by atoms with Gasteiger partial charge in [0.2, 0.25) is 0 Å². The summed E-state index contributed by atoms with van der Waals surface area (Å²) in [5.41, 5.74) is 0.270. The number of benzene rings is 1. The van der Waals surface area contributed by atoms with E-state index in [9.17, 15) is 15.0 Å². The topological polar surface area (TPSA) is 99.5 Å². The first-order valence-corrected chi connectivity index (χ1v) is 6.54. The van der Waals surface area contributed by atoms with E-state index < -0.39 is 5.97 Å². The molecule has 0 aliphatic heterocycles. The largest absolute Gasteiger partial charge is 0.504 e. The van der Waals surface area contributed by atoms with Crippen molar-refractivity contribution in [2.24, 2.45) is 10.2 Å². The SMILES string of the molecule is O=C(O)c1nc2c(O)cccn2c1N=Nc1cccc(Cl)c1. The quantitative estimate of drug-likeness (QED) is 0.717. The molecule has 8 heteroatoms. The number of aromatic carboxylic acids is 1. The highest BCUT2D eigenvalue weighted by molar-refractivity contribution is 6.30. The van der Waals surface area contributed by atoms with E-state index in [1.807, 2.05) is 0 Å². The number of pyridine rings is 1. The van der Waals surface area contributed by atoms with Crippen molar-refractivity contribution in [1.82, 2.24) is 9.38 Å². The number of carboxylic acid groups (broad SMARTS) is 1. The Hall–Kier alpha value is -2.93. The van der Waals surface area contributed by atoms with Gasteiger partial charge in [-0.2, -0.15) is 0 Å². The van der Waals surface area contributed by atoms with Crippen LogP contribution in [0.1, 0.15) is 10.5 Å². The molecule has 0 saturated carbocycles. The Balaban J connectivity index is 2.15. The Morgan fingerprint density at radius 3 is 2.77 bits per heavy atom. The lowest BCUT2D eigenvalue weighted by molar-refractivity contribution is 0.0692. The highest BCUT2D eigenvalue weighted by atomic mass is 35.5. The normalized spacial score (nSPS) is 11.3. The molecule has 0 spiro atoms. The molecule has 0 fully saturated rings. The van der Waals surface area contributed by atoms with Gasteiger partial charge in [-0.3, -0.25) is 4.40 Å². The summed E-state index contributed by atoms with van der Waals surface area (Å²) in [5.74, 6) is -1.39. The van der Waals surface area contributed by atoms with Crippen LogP contribution in [0.4, 0.5) is 11.5 Å². The summed E-state index contributed by atoms with van der Waals surface area (Å²) in [5, 5.41) is 27.4. The Labute approximate surface area is 129 Å². The summed E-state index contributed by atoms with van der Waals surface area (Å²) in [7, 11) is 0. The second kappa shape index (κ2) is 5.45. The van der Waals surface area contributed by atoms with Gasteiger partial charge in [-0.1, -0.05) is 17.7 Å². The van der Waals surface area contributed by atoms with Gasteiger partial charge in [-0.25, -0.2) is 9.78 Å². The van der Waals surface area contributed by atoms with E-state index in [2.05, 4.69) is 15.2 Å². The number of rotatable bonds is 3. The van der Waals surface area contributed by atoms with E-state index in [-0.39, 0.29) is 22.9 Å². The number of aromatic hydroxyl groups is 1. The van der Waals surface area contributed by atoms with Gasteiger partial charge in [0.25, 0.3) is 0 Å². The van der Waals surface area contributed by atoms with Crippen LogP contribution in [0.5, 0.6) is 5.75 Å². The van der Waals surface area contributed by atoms with E-state index in [1.165, 1.54) is 10.5 Å². The molecule has 0 bridgehead atoms. The van der Waals surface area contributed by atoms with Gasteiger partial charge in [-0.15, -0.1) is 10.2 Å². The minimum absolute atomic E-state index is 0.0124. The smallest absolute Gasteiger partial charge is 0.358 e. The molecule has 2 aromatic heterocycles. The average Bonchev–Trinajstić information content (AvgIpc) is 2.86. The van der Waals surface area contributed by atoms with E-state index in [0.717, 1.165) is 0 Å². The molecule has 0 amide bonds. The standard InChI is InChI=1S/C14H9ClN4O3/c15-8-3-1-4-9(7-8)17-18-13-11(14(21)22)16-12-10(20)5-2-6-19(12)13/h1-7,20H,(H,21,22). The molecule has 0 unspecified atom stereocenters. The molecule has 0 aliphatic carbocycles. The first kappa shape index (κ1) is 14.0.